The van der Waals surface area contributed by atoms with E-state index in [0.29, 0.717) is 17.0 Å². The van der Waals surface area contributed by atoms with Gasteiger partial charge in [0.2, 0.25) is 0 Å². The van der Waals surface area contributed by atoms with Crippen LogP contribution in [0.2, 0.25) is 0 Å². The summed E-state index contributed by atoms with van der Waals surface area (Å²) in [4.78, 5) is 13.2. The van der Waals surface area contributed by atoms with E-state index in [4.69, 9.17) is 4.74 Å². The van der Waals surface area contributed by atoms with Crippen molar-refractivity contribution >= 4 is 34.7 Å². The molecule has 0 spiro atoms. The van der Waals surface area contributed by atoms with Crippen molar-refractivity contribution in [3.05, 3.63) is 46.6 Å². The van der Waals surface area contributed by atoms with Crippen molar-refractivity contribution in [2.45, 2.75) is 0 Å². The monoisotopic (exact) mass is 333 g/mol. The van der Waals surface area contributed by atoms with Crippen LogP contribution in [0.3, 0.4) is 0 Å². The first kappa shape index (κ1) is 14.2. The maximum atomic E-state index is 12.0. The van der Waals surface area contributed by atoms with Crippen LogP contribution < -0.4 is 0 Å². The van der Waals surface area contributed by atoms with Gasteiger partial charge in [0.05, 0.1) is 7.11 Å². The van der Waals surface area contributed by atoms with Gasteiger partial charge in [-0.15, -0.1) is 5.10 Å². The van der Waals surface area contributed by atoms with Crippen LogP contribution in [0.5, 0.6) is 0 Å². The number of carbonyl (C=O) groups is 1. The van der Waals surface area contributed by atoms with Crippen molar-refractivity contribution in [1.29, 1.82) is 0 Å². The molecule has 6 heteroatoms. The lowest BCUT2D eigenvalue weighted by atomic mass is 10.1. The third-order valence-electron chi connectivity index (χ3n) is 2.74. The van der Waals surface area contributed by atoms with E-state index in [0.717, 1.165) is 10.0 Å². The van der Waals surface area contributed by atoms with E-state index >= 15 is 0 Å². The van der Waals surface area contributed by atoms with Crippen LogP contribution in [0.15, 0.2) is 40.4 Å². The Morgan fingerprint density at radius 3 is 2.60 bits per heavy atom. The summed E-state index contributed by atoms with van der Waals surface area (Å²) in [5, 5.41) is 8.02. The molecule has 0 unspecified atom stereocenters. The molecule has 0 bridgehead atoms. The van der Waals surface area contributed by atoms with Crippen molar-refractivity contribution in [1.82, 2.24) is 9.89 Å². The molecule has 0 radical (unpaired) electrons. The zero-order valence-electron chi connectivity index (χ0n) is 10.8. The fourth-order valence-corrected chi connectivity index (χ4v) is 2.09. The van der Waals surface area contributed by atoms with E-state index in [-0.39, 0.29) is 0 Å². The zero-order valence-corrected chi connectivity index (χ0v) is 12.4. The molecule has 102 valence electrons. The van der Waals surface area contributed by atoms with Crippen LogP contribution in [0, 0.1) is 0 Å². The third kappa shape index (κ3) is 2.42. The Labute approximate surface area is 124 Å². The Morgan fingerprint density at radius 2 is 2.10 bits per heavy atom. The van der Waals surface area contributed by atoms with Gasteiger partial charge in [0.15, 0.2) is 0 Å². The number of carbonyl (C=O) groups excluding carboxylic acids is 1. The third-order valence-corrected chi connectivity index (χ3v) is 3.27. The number of hydrogen-bond donors (Lipinski definition) is 0. The van der Waals surface area contributed by atoms with Crippen molar-refractivity contribution in [2.75, 3.05) is 7.11 Å². The van der Waals surface area contributed by atoms with Crippen LogP contribution in [-0.2, 0) is 4.74 Å². The van der Waals surface area contributed by atoms with E-state index in [1.807, 2.05) is 24.3 Å². The predicted octanol–water partition coefficient (Wildman–Crippen LogP) is 3.21. The van der Waals surface area contributed by atoms with Gasteiger partial charge in [-0.2, -0.15) is 9.89 Å². The van der Waals surface area contributed by atoms with Crippen LogP contribution in [0.1, 0.15) is 16.1 Å². The highest BCUT2D eigenvalue weighted by atomic mass is 79.9. The maximum absolute atomic E-state index is 12.0. The summed E-state index contributed by atoms with van der Waals surface area (Å²) < 4.78 is 5.75. The highest BCUT2D eigenvalue weighted by Crippen LogP contribution is 2.28. The average Bonchev–Trinajstić information content (AvgIpc) is 2.85. The second-order valence-corrected chi connectivity index (χ2v) is 4.76. The molecule has 1 aromatic carbocycles. The van der Waals surface area contributed by atoms with E-state index in [1.165, 1.54) is 18.0 Å². The minimum Gasteiger partial charge on any atom is -0.465 e. The number of rotatable bonds is 4. The number of esters is 1. The minimum absolute atomic E-state index is 0.317. The first-order valence-corrected chi connectivity index (χ1v) is 6.48. The topological polar surface area (TPSA) is 56.5 Å². The number of aromatic nitrogens is 2. The lowest BCUT2D eigenvalue weighted by molar-refractivity contribution is 0.0601. The van der Waals surface area contributed by atoms with E-state index < -0.39 is 5.97 Å². The molecular weight excluding hydrogens is 322 g/mol. The number of methoxy groups -OCH3 is 1. The van der Waals surface area contributed by atoms with Crippen molar-refractivity contribution in [2.24, 2.45) is 5.10 Å². The molecule has 0 fully saturated rings. The summed E-state index contributed by atoms with van der Waals surface area (Å²) in [5.74, 6) is -0.493. The summed E-state index contributed by atoms with van der Waals surface area (Å²) in [7, 11) is 1.32. The molecule has 0 saturated heterocycles. The van der Waals surface area contributed by atoms with Gasteiger partial charge in [0.25, 0.3) is 0 Å². The van der Waals surface area contributed by atoms with Gasteiger partial charge < -0.3 is 4.74 Å². The van der Waals surface area contributed by atoms with E-state index in [9.17, 15) is 4.79 Å². The summed E-state index contributed by atoms with van der Waals surface area (Å²) in [6.07, 6.45) is 1.50. The molecule has 20 heavy (non-hydrogen) atoms. The zero-order chi connectivity index (χ0) is 14.7. The molecule has 1 aromatic heterocycles. The number of hydrogen-bond acceptors (Lipinski definition) is 4. The van der Waals surface area contributed by atoms with Gasteiger partial charge in [-0.1, -0.05) is 34.6 Å². The van der Waals surface area contributed by atoms with Crippen LogP contribution in [-0.4, -0.2) is 29.7 Å². The Hall–Kier alpha value is -2.21. The van der Waals surface area contributed by atoms with Gasteiger partial charge in [0.1, 0.15) is 17.0 Å². The molecule has 0 amide bonds. The molecule has 0 aliphatic carbocycles. The summed E-state index contributed by atoms with van der Waals surface area (Å²) in [6, 6.07) is 7.42. The largest absolute Gasteiger partial charge is 0.465 e. The molecular formula is C14H12BrN3O2. The normalized spacial score (nSPS) is 10.1. The molecule has 5 nitrogen and oxygen atoms in total. The van der Waals surface area contributed by atoms with Crippen molar-refractivity contribution < 1.29 is 9.53 Å². The van der Waals surface area contributed by atoms with Crippen LogP contribution in [0.4, 0.5) is 0 Å². The van der Waals surface area contributed by atoms with Gasteiger partial charge in [-0.05, 0) is 18.2 Å². The Morgan fingerprint density at radius 1 is 1.45 bits per heavy atom. The molecule has 0 N–H and O–H groups in total. The highest BCUT2D eigenvalue weighted by Gasteiger charge is 2.23. The Bertz CT molecular complexity index is 674. The lowest BCUT2D eigenvalue weighted by Gasteiger charge is -2.02. The first-order valence-electron chi connectivity index (χ1n) is 5.69. The molecule has 2 rings (SSSR count). The number of nitrogens with zero attached hydrogens (tertiary/aromatic N) is 3. The van der Waals surface area contributed by atoms with Crippen molar-refractivity contribution in [3.8, 4) is 11.3 Å². The maximum Gasteiger partial charge on any atom is 0.342 e. The van der Waals surface area contributed by atoms with Crippen molar-refractivity contribution in [3.63, 3.8) is 0 Å². The fraction of sp³-hybridized carbons (Fsp3) is 0.0714. The van der Waals surface area contributed by atoms with Gasteiger partial charge >= 0.3 is 5.97 Å². The quantitative estimate of drug-likeness (QED) is 0.637. The molecule has 1 heterocycles. The number of ether oxygens (including phenoxy) is 1. The van der Waals surface area contributed by atoms with Crippen LogP contribution >= 0.6 is 15.9 Å². The van der Waals surface area contributed by atoms with Crippen LogP contribution in [0.25, 0.3) is 17.3 Å². The lowest BCUT2D eigenvalue weighted by Crippen LogP contribution is -2.04. The minimum atomic E-state index is -0.493. The van der Waals surface area contributed by atoms with Gasteiger partial charge in [-0.25, -0.2) is 4.79 Å². The standard InChI is InChI=1S/C14H12BrN3O2/c1-4-11-12(14(19)20-3)13(17-18(11)16-2)9-5-7-10(15)8-6-9/h4-8H,1-2H2,3H3. The van der Waals surface area contributed by atoms with E-state index in [1.54, 1.807) is 0 Å². The molecule has 0 aliphatic rings. The summed E-state index contributed by atoms with van der Waals surface area (Å²) >= 11 is 3.36. The SMILES string of the molecule is C=Cc1c(C(=O)OC)c(-c2ccc(Br)cc2)nn1N=C. The second kappa shape index (κ2) is 5.83. The van der Waals surface area contributed by atoms with Gasteiger partial charge in [0, 0.05) is 16.8 Å². The number of halogens is 1. The molecule has 2 aromatic rings. The Kier molecular flexibility index (Phi) is 4.14. The summed E-state index contributed by atoms with van der Waals surface area (Å²) in [5.41, 5.74) is 2.02. The molecule has 0 saturated carbocycles. The highest BCUT2D eigenvalue weighted by molar-refractivity contribution is 9.10. The predicted molar refractivity (Wildman–Crippen MR) is 81.7 cm³/mol. The van der Waals surface area contributed by atoms with E-state index in [2.05, 4.69) is 39.4 Å². The van der Waals surface area contributed by atoms with Gasteiger partial charge in [-0.3, -0.25) is 0 Å². The average molecular weight is 334 g/mol. The smallest absolute Gasteiger partial charge is 0.342 e. The summed E-state index contributed by atoms with van der Waals surface area (Å²) in [6.45, 7) is 7.10. The first-order chi connectivity index (χ1) is 9.62. The number of benzene rings is 1. The Balaban J connectivity index is 2.71. The second-order valence-electron chi connectivity index (χ2n) is 3.84. The molecule has 0 aliphatic heterocycles. The molecule has 0 atom stereocenters. The fourth-order valence-electron chi connectivity index (χ4n) is 1.82.